The number of ether oxygens (including phenoxy) is 2. The van der Waals surface area contributed by atoms with E-state index in [0.29, 0.717) is 46.6 Å². The largest absolute Gasteiger partial charge is 0.457 e. The molecule has 12 heteroatoms. The minimum Gasteiger partial charge on any atom is -0.457 e. The predicted octanol–water partition coefficient (Wildman–Crippen LogP) is 8.61. The van der Waals surface area contributed by atoms with Gasteiger partial charge in [-0.05, 0) is 50.8 Å². The number of nitrogens with one attached hydrogen (secondary N) is 1. The third-order valence-electron chi connectivity index (χ3n) is 8.42. The van der Waals surface area contributed by atoms with Gasteiger partial charge in [0.2, 0.25) is 0 Å². The molecule has 0 aliphatic heterocycles. The maximum absolute atomic E-state index is 16.0. The molecule has 1 N–H and O–H groups in total. The summed E-state index contributed by atoms with van der Waals surface area (Å²) >= 11 is 0. The quantitative estimate of drug-likeness (QED) is 0.0934. The van der Waals surface area contributed by atoms with Crippen molar-refractivity contribution in [2.24, 2.45) is 0 Å². The van der Waals surface area contributed by atoms with Crippen molar-refractivity contribution in [2.75, 3.05) is 0 Å². The Kier molecular flexibility index (Phi) is 12.2. The van der Waals surface area contributed by atoms with Crippen LogP contribution in [0.4, 0.5) is 9.18 Å². The van der Waals surface area contributed by atoms with Crippen molar-refractivity contribution in [3.05, 3.63) is 142 Å². The average Bonchev–Trinajstić information content (AvgIpc) is 3.48. The number of halogens is 1. The van der Waals surface area contributed by atoms with E-state index in [2.05, 4.69) is 0 Å². The molecule has 282 valence electrons. The van der Waals surface area contributed by atoms with Crippen LogP contribution in [0, 0.1) is 5.82 Å². The normalized spacial score (nSPS) is 11.7. The first-order valence-corrected chi connectivity index (χ1v) is 19.2. The molecule has 0 saturated heterocycles. The van der Waals surface area contributed by atoms with E-state index in [1.165, 1.54) is 30.3 Å². The van der Waals surface area contributed by atoms with Gasteiger partial charge in [0.15, 0.2) is 5.78 Å². The summed E-state index contributed by atoms with van der Waals surface area (Å²) in [5, 5.41) is 4.79. The molecule has 4 aromatic carbocycles. The predicted molar refractivity (Wildman–Crippen MR) is 203 cm³/mol. The van der Waals surface area contributed by atoms with Crippen LogP contribution in [0.2, 0.25) is 0 Å². The number of esters is 1. The first-order chi connectivity index (χ1) is 25.6. The van der Waals surface area contributed by atoms with E-state index in [9.17, 15) is 22.8 Å². The molecule has 0 atom stereocenters. The van der Waals surface area contributed by atoms with Gasteiger partial charge in [0.05, 0.1) is 16.3 Å². The van der Waals surface area contributed by atoms with Gasteiger partial charge in [0, 0.05) is 40.8 Å². The Labute approximate surface area is 315 Å². The SMILES string of the molecule is CCCn1nc(C(C)C)c(C(=O)OCc2ccccc2C(=O)c2ccccc2)c1Cc1ccc(-c2ccccc2S(=O)(=O)NC(=O)OC(C)(C)C)c(F)c1. The minimum absolute atomic E-state index is 0.00260. The van der Waals surface area contributed by atoms with Gasteiger partial charge < -0.3 is 9.47 Å². The molecular weight excluding hydrogens is 710 g/mol. The van der Waals surface area contributed by atoms with E-state index in [4.69, 9.17) is 14.6 Å². The summed E-state index contributed by atoms with van der Waals surface area (Å²) < 4.78 is 57.2. The number of rotatable bonds is 13. The highest BCUT2D eigenvalue weighted by molar-refractivity contribution is 7.90. The van der Waals surface area contributed by atoms with Gasteiger partial charge in [-0.3, -0.25) is 9.48 Å². The van der Waals surface area contributed by atoms with Gasteiger partial charge in [-0.1, -0.05) is 106 Å². The van der Waals surface area contributed by atoms with E-state index in [1.54, 1.807) is 86.1 Å². The first-order valence-electron chi connectivity index (χ1n) is 17.7. The number of sulfonamides is 1. The van der Waals surface area contributed by atoms with Crippen LogP contribution in [0.15, 0.2) is 102 Å². The fourth-order valence-electron chi connectivity index (χ4n) is 6.02. The molecule has 0 radical (unpaired) electrons. The fourth-order valence-corrected chi connectivity index (χ4v) is 7.11. The number of ketones is 1. The summed E-state index contributed by atoms with van der Waals surface area (Å²) in [5.74, 6) is -1.66. The lowest BCUT2D eigenvalue weighted by Gasteiger charge is -2.20. The Balaban J connectivity index is 1.45. The molecule has 5 aromatic rings. The zero-order valence-electron chi connectivity index (χ0n) is 31.2. The number of aryl methyl sites for hydroxylation is 1. The Hall–Kier alpha value is -5.62. The van der Waals surface area contributed by atoms with Crippen LogP contribution >= 0.6 is 0 Å². The molecule has 0 unspecified atom stereocenters. The van der Waals surface area contributed by atoms with E-state index < -0.39 is 33.5 Å². The minimum atomic E-state index is -4.44. The second-order valence-electron chi connectivity index (χ2n) is 14.1. The zero-order valence-corrected chi connectivity index (χ0v) is 32.0. The highest BCUT2D eigenvalue weighted by atomic mass is 32.2. The number of hydrogen-bond acceptors (Lipinski definition) is 8. The number of benzene rings is 4. The van der Waals surface area contributed by atoms with Gasteiger partial charge >= 0.3 is 12.1 Å². The molecule has 0 spiro atoms. The molecule has 0 bridgehead atoms. The molecule has 1 heterocycles. The van der Waals surface area contributed by atoms with E-state index >= 15 is 4.39 Å². The van der Waals surface area contributed by atoms with Crippen molar-refractivity contribution in [3.63, 3.8) is 0 Å². The molecule has 0 fully saturated rings. The van der Waals surface area contributed by atoms with Crippen LogP contribution in [0.25, 0.3) is 11.1 Å². The van der Waals surface area contributed by atoms with Gasteiger partial charge in [0.25, 0.3) is 10.0 Å². The van der Waals surface area contributed by atoms with Crippen LogP contribution in [-0.2, 0) is 39.1 Å². The zero-order chi connectivity index (χ0) is 39.2. The van der Waals surface area contributed by atoms with E-state index in [0.717, 1.165) is 0 Å². The van der Waals surface area contributed by atoms with Crippen molar-refractivity contribution in [2.45, 2.75) is 84.0 Å². The molecule has 0 aliphatic rings. The molecule has 0 aliphatic carbocycles. The number of nitrogens with zero attached hydrogens (tertiary/aromatic N) is 2. The molecule has 10 nitrogen and oxygen atoms in total. The summed E-state index contributed by atoms with van der Waals surface area (Å²) in [6.07, 6.45) is -0.326. The number of carbonyl (C=O) groups excluding carboxylic acids is 3. The second kappa shape index (κ2) is 16.6. The van der Waals surface area contributed by atoms with Crippen molar-refractivity contribution in [1.29, 1.82) is 0 Å². The van der Waals surface area contributed by atoms with Crippen LogP contribution in [-0.4, -0.2) is 41.6 Å². The summed E-state index contributed by atoms with van der Waals surface area (Å²) in [6, 6.07) is 26.0. The Morgan fingerprint density at radius 2 is 1.56 bits per heavy atom. The highest BCUT2D eigenvalue weighted by Gasteiger charge is 2.29. The Bertz CT molecular complexity index is 2280. The number of hydrogen-bond donors (Lipinski definition) is 1. The van der Waals surface area contributed by atoms with E-state index in [1.807, 2.05) is 31.6 Å². The maximum Gasteiger partial charge on any atom is 0.421 e. The van der Waals surface area contributed by atoms with Crippen molar-refractivity contribution < 1.29 is 36.7 Å². The lowest BCUT2D eigenvalue weighted by Crippen LogP contribution is -2.36. The molecule has 0 saturated carbocycles. The standard InChI is InChI=1S/C42H44FN3O7S/c1-7-23-46-35(25-28-21-22-32(34(43)24-28)33-19-13-14-20-36(33)54(50,51)45-41(49)53-42(4,5)6)37(38(44-46)27(2)3)40(48)52-26-30-17-11-12-18-31(30)39(47)29-15-9-8-10-16-29/h8-22,24,27H,7,23,25-26H2,1-6H3,(H,45,49). The molecule has 1 aromatic heterocycles. The molecule has 54 heavy (non-hydrogen) atoms. The average molecular weight is 754 g/mol. The third-order valence-corrected chi connectivity index (χ3v) is 9.79. The number of carbonyl (C=O) groups is 3. The van der Waals surface area contributed by atoms with Gasteiger partial charge in [-0.15, -0.1) is 0 Å². The van der Waals surface area contributed by atoms with E-state index in [-0.39, 0.29) is 46.3 Å². The van der Waals surface area contributed by atoms with Gasteiger partial charge in [0.1, 0.15) is 23.6 Å². The Morgan fingerprint density at radius 3 is 2.22 bits per heavy atom. The summed E-state index contributed by atoms with van der Waals surface area (Å²) in [5.41, 5.74) is 2.45. The van der Waals surface area contributed by atoms with Gasteiger partial charge in [-0.2, -0.15) is 5.10 Å². The smallest absolute Gasteiger partial charge is 0.421 e. The first kappa shape index (κ1) is 39.6. The summed E-state index contributed by atoms with van der Waals surface area (Å²) in [6.45, 7) is 11.0. The summed E-state index contributed by atoms with van der Waals surface area (Å²) in [4.78, 5) is 39.3. The fraction of sp³-hybridized carbons (Fsp3) is 0.286. The maximum atomic E-state index is 16.0. The van der Waals surface area contributed by atoms with Gasteiger partial charge in [-0.25, -0.2) is 27.1 Å². The number of amides is 1. The van der Waals surface area contributed by atoms with Crippen LogP contribution in [0.1, 0.15) is 103 Å². The lowest BCUT2D eigenvalue weighted by atomic mass is 9.97. The van der Waals surface area contributed by atoms with Crippen molar-refractivity contribution in [3.8, 4) is 11.1 Å². The van der Waals surface area contributed by atoms with Crippen LogP contribution in [0.5, 0.6) is 0 Å². The molecule has 5 rings (SSSR count). The summed E-state index contributed by atoms with van der Waals surface area (Å²) in [7, 11) is -4.44. The third kappa shape index (κ3) is 9.29. The topological polar surface area (TPSA) is 134 Å². The second-order valence-corrected chi connectivity index (χ2v) is 15.8. The lowest BCUT2D eigenvalue weighted by molar-refractivity contribution is 0.0466. The highest BCUT2D eigenvalue weighted by Crippen LogP contribution is 2.32. The Morgan fingerprint density at radius 1 is 0.889 bits per heavy atom. The van der Waals surface area contributed by atoms with Crippen molar-refractivity contribution >= 4 is 27.9 Å². The molecular formula is C42H44FN3O7S. The van der Waals surface area contributed by atoms with Crippen LogP contribution in [0.3, 0.4) is 0 Å². The molecule has 1 amide bonds. The van der Waals surface area contributed by atoms with Crippen molar-refractivity contribution in [1.82, 2.24) is 14.5 Å². The van der Waals surface area contributed by atoms with Crippen LogP contribution < -0.4 is 4.72 Å². The monoisotopic (exact) mass is 753 g/mol. The number of aromatic nitrogens is 2.